The van der Waals surface area contributed by atoms with Crippen molar-refractivity contribution in [3.63, 3.8) is 0 Å². The fourth-order valence-electron chi connectivity index (χ4n) is 5.11. The van der Waals surface area contributed by atoms with Crippen LogP contribution in [0.1, 0.15) is 32.1 Å². The standard InChI is InChI=1S/C27H22N2O5S2/c30-26(18-8-2-1-3-9-18)29(36(32,33)23-14-6-10-17-11-7-15-28-24(17)23)21-16-22-25(34-27(31)35-22)20-13-5-4-12-19(20)21/h4-7,10-16,18H,1-3,8-9H2. The summed E-state index contributed by atoms with van der Waals surface area (Å²) in [4.78, 5) is 30.0. The highest BCUT2D eigenvalue weighted by Gasteiger charge is 2.38. The molecule has 1 amide bonds. The van der Waals surface area contributed by atoms with E-state index >= 15 is 0 Å². The number of hydrogen-bond donors (Lipinski definition) is 0. The van der Waals surface area contributed by atoms with Gasteiger partial charge in [-0.15, -0.1) is 0 Å². The average Bonchev–Trinajstić information content (AvgIpc) is 3.29. The van der Waals surface area contributed by atoms with Gasteiger partial charge in [-0.05, 0) is 31.0 Å². The molecule has 182 valence electrons. The topological polar surface area (TPSA) is 97.5 Å². The summed E-state index contributed by atoms with van der Waals surface area (Å²) in [5.74, 6) is -0.864. The molecule has 1 fully saturated rings. The molecule has 0 radical (unpaired) electrons. The van der Waals surface area contributed by atoms with Crippen LogP contribution in [-0.4, -0.2) is 19.3 Å². The molecule has 5 aromatic rings. The lowest BCUT2D eigenvalue weighted by Crippen LogP contribution is -2.41. The van der Waals surface area contributed by atoms with E-state index in [2.05, 4.69) is 4.98 Å². The van der Waals surface area contributed by atoms with Gasteiger partial charge in [-0.2, -0.15) is 0 Å². The van der Waals surface area contributed by atoms with Crippen molar-refractivity contribution in [2.24, 2.45) is 5.92 Å². The van der Waals surface area contributed by atoms with Crippen LogP contribution in [0, 0.1) is 5.92 Å². The molecule has 7 nitrogen and oxygen atoms in total. The summed E-state index contributed by atoms with van der Waals surface area (Å²) in [5, 5.41) is 1.76. The Bertz CT molecular complexity index is 1790. The molecule has 0 aliphatic heterocycles. The second-order valence-electron chi connectivity index (χ2n) is 9.00. The minimum Gasteiger partial charge on any atom is -0.413 e. The van der Waals surface area contributed by atoms with Crippen LogP contribution in [0.15, 0.2) is 81.0 Å². The molecule has 1 aliphatic carbocycles. The van der Waals surface area contributed by atoms with E-state index < -0.39 is 26.8 Å². The number of benzene rings is 3. The Morgan fingerprint density at radius 1 is 0.972 bits per heavy atom. The van der Waals surface area contributed by atoms with Gasteiger partial charge < -0.3 is 4.42 Å². The van der Waals surface area contributed by atoms with Crippen molar-refractivity contribution in [1.82, 2.24) is 4.98 Å². The third-order valence-electron chi connectivity index (χ3n) is 6.81. The summed E-state index contributed by atoms with van der Waals surface area (Å²) in [6.07, 6.45) is 5.60. The zero-order valence-corrected chi connectivity index (χ0v) is 20.8. The van der Waals surface area contributed by atoms with Gasteiger partial charge in [-0.1, -0.05) is 73.1 Å². The summed E-state index contributed by atoms with van der Waals surface area (Å²) in [6, 6.07) is 17.1. The first-order chi connectivity index (χ1) is 17.4. The van der Waals surface area contributed by atoms with E-state index in [0.717, 1.165) is 34.9 Å². The highest BCUT2D eigenvalue weighted by molar-refractivity contribution is 7.93. The van der Waals surface area contributed by atoms with Crippen LogP contribution in [0.2, 0.25) is 0 Å². The lowest BCUT2D eigenvalue weighted by molar-refractivity contribution is -0.122. The molecule has 0 spiro atoms. The molecule has 0 bridgehead atoms. The maximum Gasteiger partial charge on any atom is 0.396 e. The van der Waals surface area contributed by atoms with Crippen molar-refractivity contribution in [1.29, 1.82) is 0 Å². The number of aromatic nitrogens is 1. The number of para-hydroxylation sites is 1. The quantitative estimate of drug-likeness (QED) is 0.296. The fraction of sp³-hybridized carbons (Fsp3) is 0.222. The number of fused-ring (bicyclic) bond motifs is 4. The number of amides is 1. The summed E-state index contributed by atoms with van der Waals surface area (Å²) in [7, 11) is -4.37. The van der Waals surface area contributed by atoms with Crippen molar-refractivity contribution in [3.8, 4) is 0 Å². The molecule has 0 N–H and O–H groups in total. The van der Waals surface area contributed by atoms with E-state index in [0.29, 0.717) is 44.8 Å². The van der Waals surface area contributed by atoms with Gasteiger partial charge in [-0.3, -0.25) is 9.78 Å². The van der Waals surface area contributed by atoms with Gasteiger partial charge in [0.2, 0.25) is 5.91 Å². The molecule has 0 saturated heterocycles. The van der Waals surface area contributed by atoms with Crippen LogP contribution in [0.25, 0.3) is 32.0 Å². The molecule has 2 heterocycles. The summed E-state index contributed by atoms with van der Waals surface area (Å²) >= 11 is 0.887. The fourth-order valence-corrected chi connectivity index (χ4v) is 7.49. The normalized spacial score (nSPS) is 15.0. The van der Waals surface area contributed by atoms with E-state index in [1.165, 1.54) is 6.07 Å². The van der Waals surface area contributed by atoms with Gasteiger partial charge in [0.25, 0.3) is 10.0 Å². The number of sulfonamides is 1. The van der Waals surface area contributed by atoms with Crippen LogP contribution in [-0.2, 0) is 14.8 Å². The molecule has 9 heteroatoms. The monoisotopic (exact) mass is 518 g/mol. The van der Waals surface area contributed by atoms with Crippen molar-refractivity contribution in [3.05, 3.63) is 76.6 Å². The third kappa shape index (κ3) is 3.70. The van der Waals surface area contributed by atoms with Crippen molar-refractivity contribution >= 4 is 64.9 Å². The van der Waals surface area contributed by atoms with Crippen LogP contribution in [0.4, 0.5) is 5.69 Å². The first-order valence-corrected chi connectivity index (χ1v) is 14.1. The predicted octanol–water partition coefficient (Wildman–Crippen LogP) is 5.86. The number of carbonyl (C=O) groups excluding carboxylic acids is 1. The Balaban J connectivity index is 1.66. The van der Waals surface area contributed by atoms with Crippen molar-refractivity contribution in [2.75, 3.05) is 4.31 Å². The van der Waals surface area contributed by atoms with E-state index in [1.54, 1.807) is 60.8 Å². The van der Waals surface area contributed by atoms with Crippen molar-refractivity contribution in [2.45, 2.75) is 37.0 Å². The molecular weight excluding hydrogens is 496 g/mol. The Kier molecular flexibility index (Phi) is 5.61. The minimum atomic E-state index is -4.37. The summed E-state index contributed by atoms with van der Waals surface area (Å²) in [6.45, 7) is 0. The van der Waals surface area contributed by atoms with Gasteiger partial charge in [0, 0.05) is 28.3 Å². The highest BCUT2D eigenvalue weighted by Crippen LogP contribution is 2.40. The Hall–Kier alpha value is -3.56. The molecule has 3 aromatic carbocycles. The lowest BCUT2D eigenvalue weighted by Gasteiger charge is -2.30. The Labute approximate surface area is 211 Å². The molecule has 36 heavy (non-hydrogen) atoms. The molecule has 0 atom stereocenters. The molecule has 1 aliphatic rings. The highest BCUT2D eigenvalue weighted by atomic mass is 32.2. The Morgan fingerprint density at radius 3 is 2.53 bits per heavy atom. The number of anilines is 1. The smallest absolute Gasteiger partial charge is 0.396 e. The number of nitrogens with zero attached hydrogens (tertiary/aromatic N) is 2. The van der Waals surface area contributed by atoms with Crippen molar-refractivity contribution < 1.29 is 17.6 Å². The van der Waals surface area contributed by atoms with Gasteiger partial charge in [-0.25, -0.2) is 17.5 Å². The average molecular weight is 519 g/mol. The summed E-state index contributed by atoms with van der Waals surface area (Å²) < 4.78 is 35.7. The lowest BCUT2D eigenvalue weighted by atomic mass is 9.88. The zero-order chi connectivity index (χ0) is 24.9. The maximum absolute atomic E-state index is 14.4. The first kappa shape index (κ1) is 22.9. The molecular formula is C27H22N2O5S2. The Morgan fingerprint density at radius 2 is 1.72 bits per heavy atom. The number of hydrogen-bond acceptors (Lipinski definition) is 7. The first-order valence-electron chi connectivity index (χ1n) is 11.8. The van der Waals surface area contributed by atoms with Crippen LogP contribution < -0.4 is 9.24 Å². The van der Waals surface area contributed by atoms with E-state index in [1.807, 2.05) is 0 Å². The molecule has 0 unspecified atom stereocenters. The second kappa shape index (κ2) is 8.83. The number of pyridine rings is 1. The van der Waals surface area contributed by atoms with Gasteiger partial charge >= 0.3 is 4.94 Å². The second-order valence-corrected chi connectivity index (χ2v) is 11.7. The molecule has 2 aromatic heterocycles. The van der Waals surface area contributed by atoms with E-state index in [9.17, 15) is 18.0 Å². The van der Waals surface area contributed by atoms with Crippen LogP contribution in [0.5, 0.6) is 0 Å². The van der Waals surface area contributed by atoms with Crippen LogP contribution in [0.3, 0.4) is 0 Å². The van der Waals surface area contributed by atoms with Gasteiger partial charge in [0.1, 0.15) is 4.90 Å². The van der Waals surface area contributed by atoms with Gasteiger partial charge in [0.05, 0.1) is 15.9 Å². The minimum absolute atomic E-state index is 0.0330. The summed E-state index contributed by atoms with van der Waals surface area (Å²) in [5.41, 5.74) is 0.914. The predicted molar refractivity (Wildman–Crippen MR) is 141 cm³/mol. The maximum atomic E-state index is 14.4. The molecule has 1 saturated carbocycles. The SMILES string of the molecule is O=C(C1CCCCC1)N(c1cc2sc(=O)oc2c2ccccc12)S(=O)(=O)c1cccc2cccnc12. The van der Waals surface area contributed by atoms with E-state index in [-0.39, 0.29) is 10.6 Å². The van der Waals surface area contributed by atoms with Gasteiger partial charge in [0.15, 0.2) is 5.58 Å². The van der Waals surface area contributed by atoms with Crippen LogP contribution >= 0.6 is 11.3 Å². The van der Waals surface area contributed by atoms with E-state index in [4.69, 9.17) is 4.42 Å². The zero-order valence-electron chi connectivity index (χ0n) is 19.2. The number of carbonyl (C=O) groups is 1. The molecule has 6 rings (SSSR count). The number of rotatable bonds is 4. The largest absolute Gasteiger partial charge is 0.413 e. The third-order valence-corrected chi connectivity index (χ3v) is 9.32.